The molecule has 240 valence electrons. The predicted octanol–water partition coefficient (Wildman–Crippen LogP) is 8.20. The van der Waals surface area contributed by atoms with Crippen LogP contribution in [-0.2, 0) is 9.53 Å². The number of amides is 1. The van der Waals surface area contributed by atoms with Crippen molar-refractivity contribution < 1.29 is 27.4 Å². The van der Waals surface area contributed by atoms with Gasteiger partial charge in [-0.2, -0.15) is 5.10 Å². The molecule has 2 atom stereocenters. The van der Waals surface area contributed by atoms with E-state index in [1.54, 1.807) is 16.5 Å². The molecule has 0 aliphatic carbocycles. The van der Waals surface area contributed by atoms with E-state index >= 15 is 8.78 Å². The molecule has 8 nitrogen and oxygen atoms in total. The van der Waals surface area contributed by atoms with Crippen molar-refractivity contribution in [2.24, 2.45) is 0 Å². The number of hydrogen-bond donors (Lipinski definition) is 0. The third kappa shape index (κ3) is 5.28. The molecule has 1 aliphatic heterocycles. The second kappa shape index (κ2) is 12.2. The van der Waals surface area contributed by atoms with E-state index in [4.69, 9.17) is 19.6 Å². The molecule has 0 bridgehead atoms. The van der Waals surface area contributed by atoms with Crippen molar-refractivity contribution in [3.63, 3.8) is 0 Å². The van der Waals surface area contributed by atoms with Crippen molar-refractivity contribution in [2.45, 2.75) is 25.9 Å². The first-order valence-electron chi connectivity index (χ1n) is 14.8. The molecule has 0 spiro atoms. The van der Waals surface area contributed by atoms with Crippen molar-refractivity contribution >= 4 is 48.9 Å². The highest BCUT2D eigenvalue weighted by Gasteiger charge is 2.34. The minimum atomic E-state index is -0.945. The van der Waals surface area contributed by atoms with Crippen LogP contribution < -0.4 is 4.74 Å². The molecule has 47 heavy (non-hydrogen) atoms. The van der Waals surface area contributed by atoms with Gasteiger partial charge in [0.25, 0.3) is 0 Å². The van der Waals surface area contributed by atoms with Crippen molar-refractivity contribution in [3.8, 4) is 39.5 Å². The van der Waals surface area contributed by atoms with E-state index in [0.29, 0.717) is 28.2 Å². The van der Waals surface area contributed by atoms with Crippen LogP contribution >= 0.6 is 22.7 Å². The van der Waals surface area contributed by atoms with Gasteiger partial charge in [-0.25, -0.2) is 23.1 Å². The van der Waals surface area contributed by atoms with Crippen LogP contribution in [0.5, 0.6) is 5.75 Å². The Kier molecular flexibility index (Phi) is 8.06. The molecule has 1 amide bonds. The van der Waals surface area contributed by atoms with Gasteiger partial charge in [-0.3, -0.25) is 9.48 Å². The van der Waals surface area contributed by atoms with Gasteiger partial charge >= 0.3 is 0 Å². The standard InChI is InChI=1S/C34H28F3N5O3S2/c1-5-28(43)41-14-17(2)42-25(18(41)3)13-24(40-42)33-31(29-21(36)11-20(35)12-26(29)45-9-8-44-4)30-22(37)15-46-34(30)32(39-33)19-6-7-23-27(10-19)47-16-38-23/h5-7,10-13,15-18H,1,8-9,14H2,2-4H3/t17-,18+/m0/s1. The number of halogens is 3. The number of fused-ring (bicyclic) bond motifs is 3. The fourth-order valence-electron chi connectivity index (χ4n) is 6.12. The van der Waals surface area contributed by atoms with E-state index < -0.39 is 17.5 Å². The summed E-state index contributed by atoms with van der Waals surface area (Å²) in [6.07, 6.45) is 1.28. The van der Waals surface area contributed by atoms with E-state index in [2.05, 4.69) is 11.6 Å². The molecule has 0 unspecified atom stereocenters. The number of thiophene rings is 1. The number of thiazole rings is 1. The predicted molar refractivity (Wildman–Crippen MR) is 177 cm³/mol. The Morgan fingerprint density at radius 2 is 1.89 bits per heavy atom. The van der Waals surface area contributed by atoms with Crippen LogP contribution in [0, 0.1) is 17.5 Å². The lowest BCUT2D eigenvalue weighted by atomic mass is 9.94. The van der Waals surface area contributed by atoms with Gasteiger partial charge in [0.1, 0.15) is 41.2 Å². The number of rotatable bonds is 8. The maximum atomic E-state index is 16.1. The van der Waals surface area contributed by atoms with Gasteiger partial charge < -0.3 is 14.4 Å². The van der Waals surface area contributed by atoms with E-state index in [-0.39, 0.29) is 59.2 Å². The molecular formula is C34H28F3N5O3S2. The molecule has 4 aromatic heterocycles. The lowest BCUT2D eigenvalue weighted by Gasteiger charge is -2.36. The zero-order valence-electron chi connectivity index (χ0n) is 25.6. The number of hydrogen-bond acceptors (Lipinski definition) is 8. The van der Waals surface area contributed by atoms with Crippen LogP contribution in [0.15, 0.2) is 59.9 Å². The summed E-state index contributed by atoms with van der Waals surface area (Å²) in [6.45, 7) is 8.01. The third-order valence-electron chi connectivity index (χ3n) is 8.33. The number of ether oxygens (including phenoxy) is 2. The maximum Gasteiger partial charge on any atom is 0.246 e. The number of carbonyl (C=O) groups is 1. The highest BCUT2D eigenvalue weighted by Crippen LogP contribution is 2.48. The van der Waals surface area contributed by atoms with Crippen molar-refractivity contribution in [1.82, 2.24) is 24.6 Å². The first-order valence-corrected chi connectivity index (χ1v) is 16.5. The first-order chi connectivity index (χ1) is 22.7. The summed E-state index contributed by atoms with van der Waals surface area (Å²) in [5, 5.41) is 6.37. The van der Waals surface area contributed by atoms with Gasteiger partial charge in [-0.1, -0.05) is 12.6 Å². The minimum Gasteiger partial charge on any atom is -0.490 e. The molecule has 1 aliphatic rings. The fourth-order valence-corrected chi connectivity index (χ4v) is 7.76. The lowest BCUT2D eigenvalue weighted by Crippen LogP contribution is -2.42. The monoisotopic (exact) mass is 675 g/mol. The summed E-state index contributed by atoms with van der Waals surface area (Å²) >= 11 is 2.61. The molecule has 0 radical (unpaired) electrons. The number of benzene rings is 2. The second-order valence-corrected chi connectivity index (χ2v) is 13.0. The number of carbonyl (C=O) groups excluding carboxylic acids is 1. The molecule has 7 rings (SSSR count). The van der Waals surface area contributed by atoms with Gasteiger partial charge in [0.15, 0.2) is 0 Å². The van der Waals surface area contributed by atoms with E-state index in [1.807, 2.05) is 36.7 Å². The molecule has 0 fully saturated rings. The summed E-state index contributed by atoms with van der Waals surface area (Å²) in [6, 6.07) is 8.69. The summed E-state index contributed by atoms with van der Waals surface area (Å²) in [4.78, 5) is 23.9. The van der Waals surface area contributed by atoms with Gasteiger partial charge in [-0.15, -0.1) is 22.7 Å². The number of methoxy groups -OCH3 is 1. The quantitative estimate of drug-likeness (QED) is 0.120. The normalized spacial score (nSPS) is 16.2. The average molecular weight is 676 g/mol. The van der Waals surface area contributed by atoms with Gasteiger partial charge in [0.05, 0.1) is 56.1 Å². The Morgan fingerprint density at radius 3 is 2.68 bits per heavy atom. The van der Waals surface area contributed by atoms with E-state index in [1.165, 1.54) is 29.9 Å². The molecule has 2 aromatic carbocycles. The number of pyridine rings is 1. The fraction of sp³-hybridized carbons (Fsp3) is 0.235. The Morgan fingerprint density at radius 1 is 1.06 bits per heavy atom. The van der Waals surface area contributed by atoms with Crippen LogP contribution in [0.3, 0.4) is 0 Å². The van der Waals surface area contributed by atoms with Crippen LogP contribution in [0.2, 0.25) is 0 Å². The minimum absolute atomic E-state index is 0.00165. The van der Waals surface area contributed by atoms with Crippen molar-refractivity contribution in [3.05, 3.63) is 83.1 Å². The molecule has 0 saturated heterocycles. The first kappa shape index (κ1) is 31.0. The molecular weight excluding hydrogens is 648 g/mol. The maximum absolute atomic E-state index is 16.1. The Balaban J connectivity index is 1.54. The SMILES string of the molecule is C=CC(=O)N1C[C@H](C)n2nc(-c3nc(-c4ccc5ncsc5c4)c4scc(F)c4c3-c3c(F)cc(F)cc3OCCOC)cc2[C@H]1C. The van der Waals surface area contributed by atoms with Crippen LogP contribution in [0.25, 0.3) is 54.1 Å². The van der Waals surface area contributed by atoms with Crippen molar-refractivity contribution in [1.29, 1.82) is 0 Å². The van der Waals surface area contributed by atoms with Gasteiger partial charge in [0.2, 0.25) is 5.91 Å². The zero-order chi connectivity index (χ0) is 33.0. The Hall–Kier alpha value is -4.59. The summed E-state index contributed by atoms with van der Waals surface area (Å²) < 4.78 is 61.0. The Bertz CT molecular complexity index is 2190. The van der Waals surface area contributed by atoms with Crippen LogP contribution in [0.1, 0.15) is 31.6 Å². The average Bonchev–Trinajstić information content (AvgIpc) is 3.81. The molecule has 5 heterocycles. The zero-order valence-corrected chi connectivity index (χ0v) is 27.2. The summed E-state index contributed by atoms with van der Waals surface area (Å²) in [7, 11) is 1.48. The smallest absolute Gasteiger partial charge is 0.246 e. The highest BCUT2D eigenvalue weighted by atomic mass is 32.1. The van der Waals surface area contributed by atoms with Crippen LogP contribution in [-0.4, -0.2) is 57.4 Å². The number of aromatic nitrogens is 4. The summed E-state index contributed by atoms with van der Waals surface area (Å²) in [5.41, 5.74) is 4.93. The summed E-state index contributed by atoms with van der Waals surface area (Å²) in [5.74, 6) is -2.73. The molecule has 0 saturated carbocycles. The largest absolute Gasteiger partial charge is 0.490 e. The second-order valence-electron chi connectivity index (χ2n) is 11.2. The Labute approximate surface area is 275 Å². The van der Waals surface area contributed by atoms with E-state index in [0.717, 1.165) is 39.4 Å². The third-order valence-corrected chi connectivity index (χ3v) is 10.1. The molecule has 0 N–H and O–H groups in total. The van der Waals surface area contributed by atoms with Crippen molar-refractivity contribution in [2.75, 3.05) is 26.9 Å². The van der Waals surface area contributed by atoms with Crippen LogP contribution in [0.4, 0.5) is 13.2 Å². The topological polar surface area (TPSA) is 82.4 Å². The van der Waals surface area contributed by atoms with E-state index in [9.17, 15) is 9.18 Å². The van der Waals surface area contributed by atoms with Gasteiger partial charge in [-0.05, 0) is 38.1 Å². The molecule has 13 heteroatoms. The van der Waals surface area contributed by atoms with Gasteiger partial charge in [0, 0.05) is 47.7 Å². The highest BCUT2D eigenvalue weighted by molar-refractivity contribution is 7.18. The lowest BCUT2D eigenvalue weighted by molar-refractivity contribution is -0.129. The number of nitrogens with zero attached hydrogens (tertiary/aromatic N) is 5. The molecule has 6 aromatic rings.